The van der Waals surface area contributed by atoms with Gasteiger partial charge in [0.15, 0.2) is 23.0 Å². The van der Waals surface area contributed by atoms with Gasteiger partial charge in [0.1, 0.15) is 6.29 Å². The smallest absolute Gasteiger partial charge is 0.335 e. The Kier molecular flexibility index (Phi) is 11.7. The molecule has 0 atom stereocenters. The van der Waals surface area contributed by atoms with Crippen LogP contribution in [0.5, 0.6) is 23.0 Å². The van der Waals surface area contributed by atoms with Crippen molar-refractivity contribution in [1.82, 2.24) is 0 Å². The number of aldehydes is 1. The monoisotopic (exact) mass is 500 g/mol. The number of methoxy groups -OCH3 is 1. The summed E-state index contributed by atoms with van der Waals surface area (Å²) in [6.07, 6.45) is 1.26. The van der Waals surface area contributed by atoms with Gasteiger partial charge < -0.3 is 18.9 Å². The van der Waals surface area contributed by atoms with Crippen LogP contribution in [0.15, 0.2) is 81.0 Å². The van der Waals surface area contributed by atoms with E-state index in [9.17, 15) is 23.2 Å². The van der Waals surface area contributed by atoms with Gasteiger partial charge in [-0.2, -0.15) is 0 Å². The lowest BCUT2D eigenvalue weighted by molar-refractivity contribution is -0.131. The van der Waals surface area contributed by atoms with Gasteiger partial charge in [0.2, 0.25) is 0 Å². The molecule has 0 aliphatic carbocycles. The van der Waals surface area contributed by atoms with Crippen LogP contribution < -0.4 is 18.9 Å². The van der Waals surface area contributed by atoms with Crippen molar-refractivity contribution < 1.29 is 46.9 Å². The summed E-state index contributed by atoms with van der Waals surface area (Å²) in [5, 5.41) is 0. The van der Waals surface area contributed by atoms with Crippen LogP contribution in [0.4, 0.5) is 8.78 Å². The number of ether oxygens (including phenoxy) is 4. The van der Waals surface area contributed by atoms with Crippen LogP contribution in [0, 0.1) is 0 Å². The first-order valence-electron chi connectivity index (χ1n) is 9.89. The van der Waals surface area contributed by atoms with Gasteiger partial charge in [-0.1, -0.05) is 32.4 Å². The standard InChI is InChI=1S/C23H18F2O7.C3H4O/c1-5-19(26)30-17-11-13(8-9-16(17)29-4)14-10-15(23(24)25)22(32-21(28)7-3)18(12-14)31-20(27)6-2;1-2-3-4/h5-12,23H,1-3H2,4H3;2-3H,1H2. The lowest BCUT2D eigenvalue weighted by Crippen LogP contribution is -2.11. The van der Waals surface area contributed by atoms with Crippen molar-refractivity contribution in [2.45, 2.75) is 6.43 Å². The second kappa shape index (κ2) is 14.4. The third kappa shape index (κ3) is 8.17. The Morgan fingerprint density at radius 1 is 0.778 bits per heavy atom. The van der Waals surface area contributed by atoms with Crippen molar-refractivity contribution >= 4 is 24.2 Å². The summed E-state index contributed by atoms with van der Waals surface area (Å²) in [5.74, 6) is -3.64. The largest absolute Gasteiger partial charge is 0.493 e. The Balaban J connectivity index is 0.00000150. The number of esters is 3. The zero-order valence-corrected chi connectivity index (χ0v) is 19.2. The number of hydrogen-bond acceptors (Lipinski definition) is 8. The molecule has 10 heteroatoms. The molecule has 0 aromatic heterocycles. The van der Waals surface area contributed by atoms with Crippen LogP contribution in [0.1, 0.15) is 12.0 Å². The van der Waals surface area contributed by atoms with Crippen LogP contribution in [0.25, 0.3) is 11.1 Å². The van der Waals surface area contributed by atoms with Crippen LogP contribution in [0.3, 0.4) is 0 Å². The van der Waals surface area contributed by atoms with E-state index in [0.717, 1.165) is 24.3 Å². The fourth-order valence-electron chi connectivity index (χ4n) is 2.52. The third-order valence-electron chi connectivity index (χ3n) is 4.04. The van der Waals surface area contributed by atoms with E-state index in [2.05, 4.69) is 26.3 Å². The highest BCUT2D eigenvalue weighted by Crippen LogP contribution is 2.43. The van der Waals surface area contributed by atoms with Crippen molar-refractivity contribution in [2.24, 2.45) is 0 Å². The van der Waals surface area contributed by atoms with Crippen molar-refractivity contribution in [3.63, 3.8) is 0 Å². The molecule has 2 rings (SSSR count). The van der Waals surface area contributed by atoms with E-state index in [4.69, 9.17) is 23.7 Å². The summed E-state index contributed by atoms with van der Waals surface area (Å²) in [4.78, 5) is 44.0. The number of benzene rings is 2. The van der Waals surface area contributed by atoms with Gasteiger partial charge >= 0.3 is 17.9 Å². The topological polar surface area (TPSA) is 105 Å². The molecule has 0 unspecified atom stereocenters. The van der Waals surface area contributed by atoms with Gasteiger partial charge in [0.05, 0.1) is 12.7 Å². The zero-order valence-electron chi connectivity index (χ0n) is 19.2. The summed E-state index contributed by atoms with van der Waals surface area (Å²) in [7, 11) is 1.35. The minimum atomic E-state index is -3.10. The van der Waals surface area contributed by atoms with Crippen LogP contribution in [0.2, 0.25) is 0 Å². The van der Waals surface area contributed by atoms with Crippen LogP contribution in [-0.2, 0) is 19.2 Å². The predicted molar refractivity (Wildman–Crippen MR) is 127 cm³/mol. The maximum atomic E-state index is 13.8. The van der Waals surface area contributed by atoms with E-state index in [1.54, 1.807) is 0 Å². The molecule has 0 aliphatic rings. The van der Waals surface area contributed by atoms with Gasteiger partial charge in [0.25, 0.3) is 6.43 Å². The Bertz CT molecular complexity index is 1180. The molecule has 0 saturated carbocycles. The highest BCUT2D eigenvalue weighted by atomic mass is 19.3. The summed E-state index contributed by atoms with van der Waals surface area (Å²) in [6, 6.07) is 6.56. The highest BCUT2D eigenvalue weighted by Gasteiger charge is 2.24. The van der Waals surface area contributed by atoms with Crippen molar-refractivity contribution in [1.29, 1.82) is 0 Å². The lowest BCUT2D eigenvalue weighted by Gasteiger charge is -2.16. The van der Waals surface area contributed by atoms with Crippen LogP contribution in [-0.4, -0.2) is 31.3 Å². The van der Waals surface area contributed by atoms with E-state index in [1.807, 2.05) is 0 Å². The number of allylic oxidation sites excluding steroid dienone is 1. The molecule has 0 N–H and O–H groups in total. The average Bonchev–Trinajstić information content (AvgIpc) is 2.88. The van der Waals surface area contributed by atoms with E-state index >= 15 is 0 Å². The second-order valence-corrected chi connectivity index (χ2v) is 6.31. The Hall–Kier alpha value is -4.86. The minimum Gasteiger partial charge on any atom is -0.493 e. The number of halogens is 2. The molecule has 0 heterocycles. The molecule has 0 fully saturated rings. The van der Waals surface area contributed by atoms with Gasteiger partial charge in [-0.15, -0.1) is 0 Å². The first-order valence-corrected chi connectivity index (χ1v) is 9.89. The fraction of sp³-hybridized carbons (Fsp3) is 0.0769. The average molecular weight is 500 g/mol. The molecular weight excluding hydrogens is 478 g/mol. The molecular formula is C26H22F2O8. The molecule has 36 heavy (non-hydrogen) atoms. The fourth-order valence-corrected chi connectivity index (χ4v) is 2.52. The third-order valence-corrected chi connectivity index (χ3v) is 4.04. The van der Waals surface area contributed by atoms with Gasteiger partial charge in [0, 0.05) is 18.2 Å². The molecule has 0 radical (unpaired) electrons. The molecule has 0 saturated heterocycles. The first-order chi connectivity index (χ1) is 17.1. The molecule has 0 bridgehead atoms. The van der Waals surface area contributed by atoms with E-state index in [-0.39, 0.29) is 17.1 Å². The maximum absolute atomic E-state index is 13.8. The summed E-state index contributed by atoms with van der Waals surface area (Å²) in [5.41, 5.74) is -0.272. The van der Waals surface area contributed by atoms with Gasteiger partial charge in [-0.05, 0) is 41.5 Å². The second-order valence-electron chi connectivity index (χ2n) is 6.31. The van der Waals surface area contributed by atoms with E-state index in [1.165, 1.54) is 37.5 Å². The van der Waals surface area contributed by atoms with E-state index in [0.29, 0.717) is 11.8 Å². The van der Waals surface area contributed by atoms with Gasteiger partial charge in [-0.25, -0.2) is 23.2 Å². The van der Waals surface area contributed by atoms with Crippen molar-refractivity contribution in [3.05, 3.63) is 86.5 Å². The first kappa shape index (κ1) is 29.2. The lowest BCUT2D eigenvalue weighted by atomic mass is 10.0. The normalized spacial score (nSPS) is 9.56. The van der Waals surface area contributed by atoms with Crippen LogP contribution >= 0.6 is 0 Å². The maximum Gasteiger partial charge on any atom is 0.335 e. The molecule has 8 nitrogen and oxygen atoms in total. The number of alkyl halides is 2. The minimum absolute atomic E-state index is 0.000273. The Morgan fingerprint density at radius 3 is 1.75 bits per heavy atom. The zero-order chi connectivity index (χ0) is 27.3. The van der Waals surface area contributed by atoms with Crippen molar-refractivity contribution in [2.75, 3.05) is 7.11 Å². The summed E-state index contributed by atoms with van der Waals surface area (Å²) >= 11 is 0. The van der Waals surface area contributed by atoms with Crippen molar-refractivity contribution in [3.8, 4) is 34.1 Å². The number of carbonyl (C=O) groups excluding carboxylic acids is 4. The Morgan fingerprint density at radius 2 is 1.28 bits per heavy atom. The molecule has 0 spiro atoms. The van der Waals surface area contributed by atoms with Gasteiger partial charge in [-0.3, -0.25) is 4.79 Å². The molecule has 0 amide bonds. The summed E-state index contributed by atoms with van der Waals surface area (Å²) < 4.78 is 47.8. The predicted octanol–water partition coefficient (Wildman–Crippen LogP) is 4.95. The quantitative estimate of drug-likeness (QED) is 0.195. The summed E-state index contributed by atoms with van der Waals surface area (Å²) in [6.45, 7) is 12.9. The highest BCUT2D eigenvalue weighted by molar-refractivity contribution is 5.88. The molecule has 188 valence electrons. The molecule has 0 aliphatic heterocycles. The number of carbonyl (C=O) groups is 4. The Labute approximate surface area is 205 Å². The number of hydrogen-bond donors (Lipinski definition) is 0. The number of rotatable bonds is 10. The molecule has 2 aromatic carbocycles. The molecule has 2 aromatic rings. The SMILES string of the molecule is C=CC(=O)Oc1cc(-c2cc(OC(=O)C=C)c(OC(=O)C=C)c(C(F)F)c2)ccc1OC.C=CC=O. The van der Waals surface area contributed by atoms with E-state index < -0.39 is 41.4 Å².